The van der Waals surface area contributed by atoms with E-state index in [1.54, 1.807) is 0 Å². The molecule has 0 unspecified atom stereocenters. The number of carbonyl (C=O) groups is 1. The van der Waals surface area contributed by atoms with Crippen molar-refractivity contribution in [1.82, 2.24) is 4.90 Å². The first-order valence-electron chi connectivity index (χ1n) is 8.44. The second kappa shape index (κ2) is 7.61. The smallest absolute Gasteiger partial charge is 0.164 e. The van der Waals surface area contributed by atoms with Gasteiger partial charge in [-0.25, -0.2) is 0 Å². The van der Waals surface area contributed by atoms with Crippen molar-refractivity contribution in [2.45, 2.75) is 46.0 Å². The Morgan fingerprint density at radius 1 is 1.09 bits per heavy atom. The maximum atomic E-state index is 12.5. The lowest BCUT2D eigenvalue weighted by atomic mass is 9.84. The van der Waals surface area contributed by atoms with Crippen molar-refractivity contribution in [2.24, 2.45) is 11.8 Å². The van der Waals surface area contributed by atoms with Crippen LogP contribution in [-0.2, 0) is 0 Å². The third kappa shape index (κ3) is 4.11. The molecule has 1 aliphatic carbocycles. The summed E-state index contributed by atoms with van der Waals surface area (Å²) in [6, 6.07) is 6.19. The van der Waals surface area contributed by atoms with E-state index >= 15 is 0 Å². The third-order valence-corrected chi connectivity index (χ3v) is 5.35. The average Bonchev–Trinajstić information content (AvgIpc) is 2.80. The number of nitrogens with zero attached hydrogens (tertiary/aromatic N) is 1. The Hall–Kier alpha value is -0.860. The van der Waals surface area contributed by atoms with E-state index in [4.69, 9.17) is 0 Å². The van der Waals surface area contributed by atoms with E-state index in [-0.39, 0.29) is 12.4 Å². The maximum absolute atomic E-state index is 12.5. The first kappa shape index (κ1) is 17.5. The number of hydrogen-bond acceptors (Lipinski definition) is 2. The molecule has 0 aromatic heterocycles. The number of fused-ring (bicyclic) bond motifs is 4. The largest absolute Gasteiger partial charge is 0.302 e. The van der Waals surface area contributed by atoms with E-state index in [0.29, 0.717) is 12.2 Å². The standard InChI is InChI=1S/C19H27NO.ClH/c1-14-3-4-15(2)18(11-14)19(21)9-10-20-12-16-5-6-17(13-20)8-7-16;/h3-4,11,16-17H,5-10,12-13H2,1-2H3;1H. The predicted molar refractivity (Wildman–Crippen MR) is 94.0 cm³/mol. The summed E-state index contributed by atoms with van der Waals surface area (Å²) in [4.78, 5) is 15.1. The minimum absolute atomic E-state index is 0. The molecule has 0 atom stereocenters. The fraction of sp³-hybridized carbons (Fsp3) is 0.632. The Balaban J connectivity index is 0.00000176. The van der Waals surface area contributed by atoms with Gasteiger partial charge in [0.25, 0.3) is 0 Å². The van der Waals surface area contributed by atoms with Gasteiger partial charge in [0, 0.05) is 31.6 Å². The molecule has 122 valence electrons. The summed E-state index contributed by atoms with van der Waals surface area (Å²) in [5.74, 6) is 2.09. The third-order valence-electron chi connectivity index (χ3n) is 5.35. The van der Waals surface area contributed by atoms with Gasteiger partial charge in [-0.3, -0.25) is 4.79 Å². The lowest BCUT2D eigenvalue weighted by Gasteiger charge is -2.22. The maximum Gasteiger partial charge on any atom is 0.164 e. The average molecular weight is 322 g/mol. The Kier molecular flexibility index (Phi) is 6.05. The summed E-state index contributed by atoms with van der Waals surface area (Å²) in [5, 5.41) is 0. The first-order chi connectivity index (χ1) is 10.1. The fourth-order valence-electron chi connectivity index (χ4n) is 4.01. The van der Waals surface area contributed by atoms with Gasteiger partial charge in [0.2, 0.25) is 0 Å². The quantitative estimate of drug-likeness (QED) is 0.765. The van der Waals surface area contributed by atoms with Crippen molar-refractivity contribution >= 4 is 18.2 Å². The number of halogens is 1. The molecule has 2 bridgehead atoms. The van der Waals surface area contributed by atoms with Crippen LogP contribution in [0.3, 0.4) is 0 Å². The van der Waals surface area contributed by atoms with Crippen molar-refractivity contribution in [3.8, 4) is 0 Å². The number of aryl methyl sites for hydroxylation is 2. The van der Waals surface area contributed by atoms with Gasteiger partial charge in [0.05, 0.1) is 0 Å². The van der Waals surface area contributed by atoms with Gasteiger partial charge in [0.1, 0.15) is 0 Å². The molecule has 2 aliphatic heterocycles. The Morgan fingerprint density at radius 3 is 2.27 bits per heavy atom. The van der Waals surface area contributed by atoms with Gasteiger partial charge in [-0.2, -0.15) is 0 Å². The SMILES string of the molecule is Cc1ccc(C)c(C(=O)CCN2CC3CCC(CC3)C2)c1.Cl. The van der Waals surface area contributed by atoms with Gasteiger partial charge in [-0.05, 0) is 63.0 Å². The van der Waals surface area contributed by atoms with Crippen LogP contribution in [0.5, 0.6) is 0 Å². The number of hydrogen-bond donors (Lipinski definition) is 0. The molecular formula is C19H28ClNO. The van der Waals surface area contributed by atoms with E-state index in [2.05, 4.69) is 24.0 Å². The number of ketones is 1. The van der Waals surface area contributed by atoms with E-state index in [1.807, 2.05) is 13.0 Å². The zero-order valence-corrected chi connectivity index (χ0v) is 14.6. The first-order valence-corrected chi connectivity index (χ1v) is 8.44. The molecule has 3 fully saturated rings. The van der Waals surface area contributed by atoms with Crippen LogP contribution in [0.2, 0.25) is 0 Å². The van der Waals surface area contributed by atoms with Crippen LogP contribution in [0, 0.1) is 25.7 Å². The fourth-order valence-corrected chi connectivity index (χ4v) is 4.01. The molecule has 2 saturated heterocycles. The predicted octanol–water partition coefficient (Wildman–Crippen LogP) is 4.42. The summed E-state index contributed by atoms with van der Waals surface area (Å²) >= 11 is 0. The van der Waals surface area contributed by atoms with E-state index in [1.165, 1.54) is 44.3 Å². The zero-order chi connectivity index (χ0) is 14.8. The van der Waals surface area contributed by atoms with Crippen LogP contribution in [0.4, 0.5) is 0 Å². The second-order valence-electron chi connectivity index (χ2n) is 7.14. The highest BCUT2D eigenvalue weighted by Crippen LogP contribution is 2.33. The molecule has 3 heteroatoms. The lowest BCUT2D eigenvalue weighted by Crippen LogP contribution is -2.30. The normalized spacial score (nSPS) is 24.6. The monoisotopic (exact) mass is 321 g/mol. The summed E-state index contributed by atoms with van der Waals surface area (Å²) < 4.78 is 0. The van der Waals surface area contributed by atoms with E-state index in [0.717, 1.165) is 29.5 Å². The minimum atomic E-state index is 0. The van der Waals surface area contributed by atoms with Crippen molar-refractivity contribution < 1.29 is 4.79 Å². The minimum Gasteiger partial charge on any atom is -0.302 e. The van der Waals surface area contributed by atoms with E-state index in [9.17, 15) is 4.79 Å². The highest BCUT2D eigenvalue weighted by Gasteiger charge is 2.29. The molecule has 0 spiro atoms. The molecule has 1 saturated carbocycles. The topological polar surface area (TPSA) is 20.3 Å². The molecule has 3 aliphatic rings. The van der Waals surface area contributed by atoms with Crippen molar-refractivity contribution in [1.29, 1.82) is 0 Å². The van der Waals surface area contributed by atoms with Gasteiger partial charge < -0.3 is 4.90 Å². The van der Waals surface area contributed by atoms with Crippen molar-refractivity contribution in [3.05, 3.63) is 34.9 Å². The van der Waals surface area contributed by atoms with E-state index < -0.39 is 0 Å². The zero-order valence-electron chi connectivity index (χ0n) is 13.8. The molecule has 4 rings (SSSR count). The molecular weight excluding hydrogens is 294 g/mol. The van der Waals surface area contributed by atoms with Crippen LogP contribution < -0.4 is 0 Å². The van der Waals surface area contributed by atoms with Gasteiger partial charge in [-0.1, -0.05) is 17.7 Å². The van der Waals surface area contributed by atoms with Crippen molar-refractivity contribution in [2.75, 3.05) is 19.6 Å². The van der Waals surface area contributed by atoms with Crippen LogP contribution in [0.15, 0.2) is 18.2 Å². The molecule has 0 N–H and O–H groups in total. The Bertz CT molecular complexity index is 506. The van der Waals surface area contributed by atoms with Gasteiger partial charge in [0.15, 0.2) is 5.78 Å². The molecule has 0 radical (unpaired) electrons. The van der Waals surface area contributed by atoms with Crippen molar-refractivity contribution in [3.63, 3.8) is 0 Å². The van der Waals surface area contributed by atoms with Gasteiger partial charge >= 0.3 is 0 Å². The second-order valence-corrected chi connectivity index (χ2v) is 7.14. The van der Waals surface area contributed by atoms with Crippen LogP contribution in [0.1, 0.15) is 53.6 Å². The molecule has 2 heterocycles. The Morgan fingerprint density at radius 2 is 1.68 bits per heavy atom. The molecule has 1 aromatic carbocycles. The summed E-state index contributed by atoms with van der Waals surface area (Å²) in [6.07, 6.45) is 6.31. The molecule has 0 amide bonds. The summed E-state index contributed by atoms with van der Waals surface area (Å²) in [6.45, 7) is 7.48. The highest BCUT2D eigenvalue weighted by atomic mass is 35.5. The highest BCUT2D eigenvalue weighted by molar-refractivity contribution is 5.97. The lowest BCUT2D eigenvalue weighted by molar-refractivity contribution is 0.0960. The van der Waals surface area contributed by atoms with Crippen LogP contribution >= 0.6 is 12.4 Å². The number of rotatable bonds is 4. The number of benzene rings is 1. The molecule has 22 heavy (non-hydrogen) atoms. The van der Waals surface area contributed by atoms with Crippen LogP contribution in [-0.4, -0.2) is 30.3 Å². The summed E-state index contributed by atoms with van der Waals surface area (Å²) in [5.41, 5.74) is 3.21. The molecule has 2 nitrogen and oxygen atoms in total. The Labute approximate surface area is 140 Å². The number of Topliss-reactive ketones (excluding diaryl/α,β-unsaturated/α-hetero) is 1. The number of carbonyl (C=O) groups excluding carboxylic acids is 1. The van der Waals surface area contributed by atoms with Gasteiger partial charge in [-0.15, -0.1) is 12.4 Å². The van der Waals surface area contributed by atoms with Crippen LogP contribution in [0.25, 0.3) is 0 Å². The molecule has 1 aromatic rings. The summed E-state index contributed by atoms with van der Waals surface area (Å²) in [7, 11) is 0.